The minimum atomic E-state index is 0.654. The van der Waals surface area contributed by atoms with Crippen LogP contribution in [0.25, 0.3) is 33.6 Å². The van der Waals surface area contributed by atoms with Gasteiger partial charge in [-0.2, -0.15) is 5.10 Å². The highest BCUT2D eigenvalue weighted by Crippen LogP contribution is 2.34. The number of aromatic amines is 1. The second-order valence-electron chi connectivity index (χ2n) is 4.53. The predicted octanol–water partition coefficient (Wildman–Crippen LogP) is 2.62. The van der Waals surface area contributed by atoms with Gasteiger partial charge in [0.15, 0.2) is 12.2 Å². The van der Waals surface area contributed by atoms with Crippen LogP contribution in [0.5, 0.6) is 0 Å². The van der Waals surface area contributed by atoms with E-state index >= 15 is 0 Å². The van der Waals surface area contributed by atoms with Crippen LogP contribution in [-0.2, 0) is 7.05 Å². The summed E-state index contributed by atoms with van der Waals surface area (Å²) in [6.07, 6.45) is 8.71. The molecule has 0 aliphatic rings. The molecule has 4 aromatic heterocycles. The quantitative estimate of drug-likeness (QED) is 0.604. The highest BCUT2D eigenvalue weighted by Gasteiger charge is 2.17. The van der Waals surface area contributed by atoms with Gasteiger partial charge >= 0.3 is 0 Å². The van der Waals surface area contributed by atoms with E-state index < -0.39 is 0 Å². The van der Waals surface area contributed by atoms with E-state index in [2.05, 4.69) is 20.1 Å². The van der Waals surface area contributed by atoms with Crippen molar-refractivity contribution in [3.63, 3.8) is 0 Å². The third kappa shape index (κ3) is 1.55. The van der Waals surface area contributed by atoms with Gasteiger partial charge in [0.1, 0.15) is 11.3 Å². The summed E-state index contributed by atoms with van der Waals surface area (Å²) in [5.74, 6) is 0.654. The minimum Gasteiger partial charge on any atom is -0.442 e. The Morgan fingerprint density at radius 2 is 2.20 bits per heavy atom. The zero-order valence-corrected chi connectivity index (χ0v) is 10.7. The first kappa shape index (κ1) is 11.0. The van der Waals surface area contributed by atoms with Crippen LogP contribution in [0.1, 0.15) is 0 Å². The van der Waals surface area contributed by atoms with Crippen LogP contribution in [0, 0.1) is 0 Å². The first-order valence-corrected chi connectivity index (χ1v) is 6.18. The van der Waals surface area contributed by atoms with E-state index in [-0.39, 0.29) is 0 Å². The van der Waals surface area contributed by atoms with Gasteiger partial charge in [-0.1, -0.05) is 0 Å². The molecule has 1 N–H and O–H groups in total. The number of hydrogen-bond donors (Lipinski definition) is 1. The van der Waals surface area contributed by atoms with Crippen LogP contribution in [0.15, 0.2) is 47.7 Å². The molecule has 0 aliphatic heterocycles. The average molecular weight is 265 g/mol. The van der Waals surface area contributed by atoms with Crippen LogP contribution >= 0.6 is 0 Å². The Balaban J connectivity index is 2.01. The highest BCUT2D eigenvalue weighted by atomic mass is 16.3. The van der Waals surface area contributed by atoms with Crippen molar-refractivity contribution in [1.82, 2.24) is 24.7 Å². The maximum atomic E-state index is 5.38. The lowest BCUT2D eigenvalue weighted by molar-refractivity contribution is 0.568. The first-order chi connectivity index (χ1) is 9.83. The lowest BCUT2D eigenvalue weighted by Gasteiger charge is -2.01. The summed E-state index contributed by atoms with van der Waals surface area (Å²) in [7, 11) is 1.89. The third-order valence-electron chi connectivity index (χ3n) is 3.24. The molecule has 0 saturated carbocycles. The highest BCUT2D eigenvalue weighted by molar-refractivity contribution is 5.96. The molecular formula is C14H11N5O. The second kappa shape index (κ2) is 4.06. The van der Waals surface area contributed by atoms with Gasteiger partial charge in [0.2, 0.25) is 0 Å². The zero-order chi connectivity index (χ0) is 13.5. The number of nitrogens with zero attached hydrogens (tertiary/aromatic N) is 4. The van der Waals surface area contributed by atoms with E-state index in [0.717, 1.165) is 27.9 Å². The molecule has 0 bridgehead atoms. The lowest BCUT2D eigenvalue weighted by atomic mass is 10.0. The normalized spacial score (nSPS) is 11.2. The topological polar surface area (TPSA) is 72.5 Å². The number of aromatic nitrogens is 5. The van der Waals surface area contributed by atoms with Gasteiger partial charge in [-0.3, -0.25) is 4.68 Å². The van der Waals surface area contributed by atoms with Gasteiger partial charge in [-0.05, 0) is 17.7 Å². The molecule has 98 valence electrons. The summed E-state index contributed by atoms with van der Waals surface area (Å²) >= 11 is 0. The van der Waals surface area contributed by atoms with E-state index in [9.17, 15) is 0 Å². The summed E-state index contributed by atoms with van der Waals surface area (Å²) in [5, 5.41) is 5.53. The molecule has 0 saturated heterocycles. The van der Waals surface area contributed by atoms with Gasteiger partial charge in [0, 0.05) is 36.6 Å². The average Bonchev–Trinajstić information content (AvgIpc) is 3.17. The van der Waals surface area contributed by atoms with Crippen LogP contribution in [0.4, 0.5) is 0 Å². The molecule has 0 amide bonds. The molecule has 4 rings (SSSR count). The van der Waals surface area contributed by atoms with Crippen LogP contribution in [-0.4, -0.2) is 24.7 Å². The van der Waals surface area contributed by atoms with Crippen molar-refractivity contribution in [3.8, 4) is 22.6 Å². The zero-order valence-electron chi connectivity index (χ0n) is 10.7. The van der Waals surface area contributed by atoms with Crippen LogP contribution in [0.2, 0.25) is 0 Å². The molecule has 4 heterocycles. The second-order valence-corrected chi connectivity index (χ2v) is 4.53. The Kier molecular flexibility index (Phi) is 2.23. The smallest absolute Gasteiger partial charge is 0.181 e. The SMILES string of the molecule is Cn1cc(-c2ccnc3[nH]ccc23)c(-c2cnco2)n1. The predicted molar refractivity (Wildman–Crippen MR) is 73.8 cm³/mol. The fourth-order valence-electron chi connectivity index (χ4n) is 2.40. The molecular weight excluding hydrogens is 254 g/mol. The molecule has 0 fully saturated rings. The fourth-order valence-corrected chi connectivity index (χ4v) is 2.40. The van der Waals surface area contributed by atoms with E-state index in [1.807, 2.05) is 31.6 Å². The third-order valence-corrected chi connectivity index (χ3v) is 3.24. The number of H-pyrrole nitrogens is 1. The molecule has 0 spiro atoms. The Labute approximate surface area is 114 Å². The van der Waals surface area contributed by atoms with E-state index in [1.165, 1.54) is 6.39 Å². The molecule has 20 heavy (non-hydrogen) atoms. The van der Waals surface area contributed by atoms with Gasteiger partial charge < -0.3 is 9.40 Å². The largest absolute Gasteiger partial charge is 0.442 e. The number of oxazole rings is 1. The van der Waals surface area contributed by atoms with Crippen molar-refractivity contribution >= 4 is 11.0 Å². The number of hydrogen-bond acceptors (Lipinski definition) is 4. The van der Waals surface area contributed by atoms with E-state index in [4.69, 9.17) is 4.42 Å². The van der Waals surface area contributed by atoms with Gasteiger partial charge in [-0.25, -0.2) is 9.97 Å². The van der Waals surface area contributed by atoms with Crippen molar-refractivity contribution in [2.75, 3.05) is 0 Å². The summed E-state index contributed by atoms with van der Waals surface area (Å²) in [6.45, 7) is 0. The van der Waals surface area contributed by atoms with Crippen molar-refractivity contribution in [1.29, 1.82) is 0 Å². The number of pyridine rings is 1. The molecule has 0 unspecified atom stereocenters. The van der Waals surface area contributed by atoms with Crippen LogP contribution in [0.3, 0.4) is 0 Å². The maximum absolute atomic E-state index is 5.38. The molecule has 6 nitrogen and oxygen atoms in total. The van der Waals surface area contributed by atoms with E-state index in [1.54, 1.807) is 17.1 Å². The molecule has 6 heteroatoms. The summed E-state index contributed by atoms with van der Waals surface area (Å²) in [5.41, 5.74) is 3.69. The molecule has 0 radical (unpaired) electrons. The molecule has 0 aromatic carbocycles. The van der Waals surface area contributed by atoms with Crippen molar-refractivity contribution in [2.24, 2.45) is 7.05 Å². The molecule has 0 atom stereocenters. The maximum Gasteiger partial charge on any atom is 0.181 e. The Bertz CT molecular complexity index is 872. The van der Waals surface area contributed by atoms with Gasteiger partial charge in [0.05, 0.1) is 6.20 Å². The van der Waals surface area contributed by atoms with Gasteiger partial charge in [0.25, 0.3) is 0 Å². The van der Waals surface area contributed by atoms with E-state index in [0.29, 0.717) is 5.76 Å². The Morgan fingerprint density at radius 3 is 3.05 bits per heavy atom. The minimum absolute atomic E-state index is 0.654. The summed E-state index contributed by atoms with van der Waals surface area (Å²) < 4.78 is 7.15. The van der Waals surface area contributed by atoms with Crippen molar-refractivity contribution in [3.05, 3.63) is 43.3 Å². The fraction of sp³-hybridized carbons (Fsp3) is 0.0714. The summed E-state index contributed by atoms with van der Waals surface area (Å²) in [4.78, 5) is 11.4. The first-order valence-electron chi connectivity index (χ1n) is 6.18. The number of aryl methyl sites for hydroxylation is 1. The molecule has 4 aromatic rings. The Hall–Kier alpha value is -2.89. The lowest BCUT2D eigenvalue weighted by Crippen LogP contribution is -1.86. The molecule has 0 aliphatic carbocycles. The number of rotatable bonds is 2. The van der Waals surface area contributed by atoms with Crippen molar-refractivity contribution < 1.29 is 4.42 Å². The standard InChI is InChI=1S/C14H11N5O/c1-19-7-11(13(18-19)12-6-15-8-20-12)9-2-4-16-14-10(9)3-5-17-14/h2-8H,1H3,(H,16,17). The van der Waals surface area contributed by atoms with Crippen molar-refractivity contribution in [2.45, 2.75) is 0 Å². The number of fused-ring (bicyclic) bond motifs is 1. The monoisotopic (exact) mass is 265 g/mol. The Morgan fingerprint density at radius 1 is 1.25 bits per heavy atom. The summed E-state index contributed by atoms with van der Waals surface area (Å²) in [6, 6.07) is 3.99. The van der Waals surface area contributed by atoms with Crippen LogP contribution < -0.4 is 0 Å². The number of nitrogens with one attached hydrogen (secondary N) is 1. The van der Waals surface area contributed by atoms with Gasteiger partial charge in [-0.15, -0.1) is 0 Å².